The zero-order chi connectivity index (χ0) is 14.7. The summed E-state index contributed by atoms with van der Waals surface area (Å²) in [7, 11) is 0. The van der Waals surface area contributed by atoms with Crippen molar-refractivity contribution in [1.29, 1.82) is 0 Å². The van der Waals surface area contributed by atoms with Gasteiger partial charge < -0.3 is 0 Å². The minimum Gasteiger partial charge on any atom is -0.271 e. The van der Waals surface area contributed by atoms with Crippen molar-refractivity contribution in [2.75, 3.05) is 0 Å². The Morgan fingerprint density at radius 1 is 1.25 bits per heavy atom. The van der Waals surface area contributed by atoms with Crippen LogP contribution in [0.25, 0.3) is 0 Å². The molecule has 4 heteroatoms. The summed E-state index contributed by atoms with van der Waals surface area (Å²) in [4.78, 5) is 4.35. The molecule has 0 spiro atoms. The first-order chi connectivity index (χ1) is 9.52. The van der Waals surface area contributed by atoms with E-state index in [0.29, 0.717) is 5.02 Å². The van der Waals surface area contributed by atoms with Gasteiger partial charge in [-0.25, -0.2) is 0 Å². The first-order valence-electron chi connectivity index (χ1n) is 6.66. The average molecular weight is 290 g/mol. The highest BCUT2D eigenvalue weighted by Crippen LogP contribution is 2.26. The van der Waals surface area contributed by atoms with Gasteiger partial charge in [-0.05, 0) is 56.0 Å². The van der Waals surface area contributed by atoms with Crippen LogP contribution in [0.5, 0.6) is 0 Å². The Morgan fingerprint density at radius 3 is 2.45 bits per heavy atom. The number of nitrogens with one attached hydrogen (secondary N) is 1. The number of rotatable bonds is 4. The topological polar surface area (TPSA) is 50.9 Å². The van der Waals surface area contributed by atoms with E-state index in [2.05, 4.69) is 43.3 Å². The van der Waals surface area contributed by atoms with E-state index in [1.165, 1.54) is 22.3 Å². The number of hydrogen-bond donors (Lipinski definition) is 2. The third kappa shape index (κ3) is 3.18. The van der Waals surface area contributed by atoms with E-state index in [1.54, 1.807) is 6.20 Å². The van der Waals surface area contributed by atoms with Crippen LogP contribution in [-0.4, -0.2) is 4.98 Å². The van der Waals surface area contributed by atoms with Gasteiger partial charge in [0.25, 0.3) is 0 Å². The fourth-order valence-electron chi connectivity index (χ4n) is 2.62. The zero-order valence-electron chi connectivity index (χ0n) is 12.1. The Morgan fingerprint density at radius 2 is 1.90 bits per heavy atom. The first kappa shape index (κ1) is 15.0. The van der Waals surface area contributed by atoms with Gasteiger partial charge in [0.05, 0.1) is 16.8 Å². The van der Waals surface area contributed by atoms with Gasteiger partial charge in [-0.15, -0.1) is 0 Å². The van der Waals surface area contributed by atoms with Crippen LogP contribution in [0.15, 0.2) is 30.5 Å². The Kier molecular flexibility index (Phi) is 4.76. The number of aromatic nitrogens is 1. The van der Waals surface area contributed by atoms with Gasteiger partial charge in [0.15, 0.2) is 0 Å². The van der Waals surface area contributed by atoms with E-state index in [1.807, 2.05) is 12.1 Å². The van der Waals surface area contributed by atoms with Crippen LogP contribution in [0.4, 0.5) is 0 Å². The Balaban J connectivity index is 2.35. The number of hydrazine groups is 1. The molecular weight excluding hydrogens is 270 g/mol. The van der Waals surface area contributed by atoms with E-state index in [4.69, 9.17) is 17.4 Å². The molecule has 0 bridgehead atoms. The van der Waals surface area contributed by atoms with Crippen molar-refractivity contribution in [2.45, 2.75) is 33.2 Å². The third-order valence-electron chi connectivity index (χ3n) is 3.57. The molecule has 2 rings (SSSR count). The first-order valence-corrected chi connectivity index (χ1v) is 7.04. The highest BCUT2D eigenvalue weighted by atomic mass is 35.5. The van der Waals surface area contributed by atoms with Crippen LogP contribution in [0.1, 0.15) is 34.0 Å². The molecule has 2 aromatic rings. The summed E-state index contributed by atoms with van der Waals surface area (Å²) in [5.41, 5.74) is 8.73. The van der Waals surface area contributed by atoms with Gasteiger partial charge in [-0.2, -0.15) is 0 Å². The number of hydrogen-bond acceptors (Lipinski definition) is 3. The molecule has 0 aliphatic carbocycles. The minimum atomic E-state index is -0.0937. The maximum atomic E-state index is 6.21. The minimum absolute atomic E-state index is 0.0937. The fraction of sp³-hybridized carbons (Fsp3) is 0.312. The number of nitrogens with zero attached hydrogens (tertiary/aromatic N) is 1. The highest BCUT2D eigenvalue weighted by molar-refractivity contribution is 6.31. The maximum absolute atomic E-state index is 6.21. The molecule has 0 saturated carbocycles. The smallest absolute Gasteiger partial charge is 0.0775 e. The number of benzene rings is 1. The zero-order valence-corrected chi connectivity index (χ0v) is 12.8. The van der Waals surface area contributed by atoms with Crippen molar-refractivity contribution in [3.8, 4) is 0 Å². The lowest BCUT2D eigenvalue weighted by Crippen LogP contribution is -2.30. The summed E-state index contributed by atoms with van der Waals surface area (Å²) in [5.74, 6) is 5.70. The van der Waals surface area contributed by atoms with Crippen LogP contribution >= 0.6 is 11.6 Å². The largest absolute Gasteiger partial charge is 0.271 e. The molecule has 0 aliphatic heterocycles. The molecule has 0 radical (unpaired) electrons. The monoisotopic (exact) mass is 289 g/mol. The van der Waals surface area contributed by atoms with Crippen molar-refractivity contribution >= 4 is 11.6 Å². The van der Waals surface area contributed by atoms with Gasteiger partial charge >= 0.3 is 0 Å². The highest BCUT2D eigenvalue weighted by Gasteiger charge is 2.17. The number of nitrogens with two attached hydrogens (primary N) is 1. The lowest BCUT2D eigenvalue weighted by molar-refractivity contribution is 0.536. The lowest BCUT2D eigenvalue weighted by Gasteiger charge is -2.19. The molecule has 0 amide bonds. The van der Waals surface area contributed by atoms with Crippen molar-refractivity contribution in [1.82, 2.24) is 10.4 Å². The van der Waals surface area contributed by atoms with E-state index in [9.17, 15) is 0 Å². The summed E-state index contributed by atoms with van der Waals surface area (Å²) in [6, 6.07) is 7.94. The summed E-state index contributed by atoms with van der Waals surface area (Å²) in [5, 5.41) is 0.637. The second-order valence-electron chi connectivity index (χ2n) is 5.17. The molecule has 106 valence electrons. The molecule has 1 atom stereocenters. The van der Waals surface area contributed by atoms with E-state index in [0.717, 1.165) is 12.1 Å². The molecule has 1 aromatic heterocycles. The van der Waals surface area contributed by atoms with Crippen LogP contribution in [-0.2, 0) is 6.42 Å². The third-order valence-corrected chi connectivity index (χ3v) is 3.89. The quantitative estimate of drug-likeness (QED) is 0.670. The van der Waals surface area contributed by atoms with Crippen LogP contribution in [0, 0.1) is 20.8 Å². The molecule has 20 heavy (non-hydrogen) atoms. The molecule has 0 aliphatic rings. The number of pyridine rings is 1. The molecule has 1 unspecified atom stereocenters. The normalized spacial score (nSPS) is 12.4. The van der Waals surface area contributed by atoms with Crippen LogP contribution < -0.4 is 11.3 Å². The summed E-state index contributed by atoms with van der Waals surface area (Å²) in [6.07, 6.45) is 2.51. The van der Waals surface area contributed by atoms with E-state index >= 15 is 0 Å². The fourth-order valence-corrected chi connectivity index (χ4v) is 2.88. The molecule has 3 nitrogen and oxygen atoms in total. The van der Waals surface area contributed by atoms with Crippen molar-refractivity contribution in [2.24, 2.45) is 5.84 Å². The maximum Gasteiger partial charge on any atom is 0.0775 e. The predicted molar refractivity (Wildman–Crippen MR) is 83.7 cm³/mol. The van der Waals surface area contributed by atoms with Gasteiger partial charge in [0.2, 0.25) is 0 Å². The standard InChI is InChI=1S/C16H20ClN3/c1-10-7-11(2)13(12(3)8-10)9-15(20-18)16-14(17)5-4-6-19-16/h4-8,15,20H,9,18H2,1-3H3. The van der Waals surface area contributed by atoms with Crippen molar-refractivity contribution < 1.29 is 0 Å². The Hall–Kier alpha value is -1.42. The van der Waals surface area contributed by atoms with Crippen LogP contribution in [0.3, 0.4) is 0 Å². The molecule has 3 N–H and O–H groups in total. The van der Waals surface area contributed by atoms with Gasteiger partial charge in [0.1, 0.15) is 0 Å². The SMILES string of the molecule is Cc1cc(C)c(CC(NN)c2ncccc2Cl)c(C)c1. The number of halogens is 1. The summed E-state index contributed by atoms with van der Waals surface area (Å²) < 4.78 is 0. The van der Waals surface area contributed by atoms with E-state index < -0.39 is 0 Å². The summed E-state index contributed by atoms with van der Waals surface area (Å²) >= 11 is 6.21. The molecule has 1 aromatic carbocycles. The van der Waals surface area contributed by atoms with Crippen molar-refractivity contribution in [3.05, 3.63) is 63.4 Å². The predicted octanol–water partition coefficient (Wildman–Crippen LogP) is 3.41. The number of aryl methyl sites for hydroxylation is 3. The Labute approximate surface area is 125 Å². The van der Waals surface area contributed by atoms with Gasteiger partial charge in [-0.1, -0.05) is 29.3 Å². The molecule has 0 saturated heterocycles. The second kappa shape index (κ2) is 6.35. The summed E-state index contributed by atoms with van der Waals surface area (Å²) in [6.45, 7) is 6.37. The van der Waals surface area contributed by atoms with E-state index in [-0.39, 0.29) is 6.04 Å². The molecular formula is C16H20ClN3. The molecule has 0 fully saturated rings. The van der Waals surface area contributed by atoms with Crippen LogP contribution in [0.2, 0.25) is 5.02 Å². The van der Waals surface area contributed by atoms with Crippen molar-refractivity contribution in [3.63, 3.8) is 0 Å². The Bertz CT molecular complexity index is 587. The van der Waals surface area contributed by atoms with Gasteiger partial charge in [0, 0.05) is 6.20 Å². The van der Waals surface area contributed by atoms with Gasteiger partial charge in [-0.3, -0.25) is 16.3 Å². The second-order valence-corrected chi connectivity index (χ2v) is 5.58. The molecule has 1 heterocycles. The lowest BCUT2D eigenvalue weighted by atomic mass is 9.93. The average Bonchev–Trinajstić information content (AvgIpc) is 2.39.